The van der Waals surface area contributed by atoms with E-state index >= 15 is 0 Å². The maximum atomic E-state index is 11.2. The Morgan fingerprint density at radius 3 is 2.24 bits per heavy atom. The fraction of sp³-hybridized carbons (Fsp3) is 0.182. The Morgan fingerprint density at radius 1 is 1.18 bits per heavy atom. The molecule has 0 aliphatic carbocycles. The number of carbonyl (C=O) groups is 3. The highest BCUT2D eigenvalue weighted by atomic mass is 16.4. The molecule has 0 atom stereocenters. The average molecular weight is 236 g/mol. The molecule has 2 amide bonds. The molecule has 0 aliphatic rings. The van der Waals surface area contributed by atoms with Gasteiger partial charge in [-0.05, 0) is 31.2 Å². The number of hydrogen-bond acceptors (Lipinski definition) is 3. The fourth-order valence-electron chi connectivity index (χ4n) is 1.12. The van der Waals surface area contributed by atoms with Gasteiger partial charge in [0.1, 0.15) is 6.54 Å². The molecule has 0 radical (unpaired) electrons. The van der Waals surface area contributed by atoms with Gasteiger partial charge in [-0.15, -0.1) is 0 Å². The molecule has 0 spiro atoms. The standard InChI is InChI=1S/C11H12N2O4/c1-7(14)8-2-4-9(5-3-8)13-11(17)12-6-10(15)16/h2-5H,6H2,1H3,(H,15,16)(H2,12,13,17). The first-order chi connectivity index (χ1) is 7.99. The van der Waals surface area contributed by atoms with Crippen LogP contribution in [-0.4, -0.2) is 29.4 Å². The Labute approximate surface area is 97.6 Å². The molecule has 90 valence electrons. The molecular weight excluding hydrogens is 224 g/mol. The van der Waals surface area contributed by atoms with Crippen molar-refractivity contribution in [2.45, 2.75) is 6.92 Å². The zero-order valence-electron chi connectivity index (χ0n) is 9.19. The molecule has 6 heteroatoms. The Bertz CT molecular complexity index is 439. The van der Waals surface area contributed by atoms with Crippen LogP contribution in [0.1, 0.15) is 17.3 Å². The van der Waals surface area contributed by atoms with E-state index in [9.17, 15) is 14.4 Å². The third-order valence-corrected chi connectivity index (χ3v) is 1.95. The van der Waals surface area contributed by atoms with E-state index in [1.54, 1.807) is 24.3 Å². The normalized spacial score (nSPS) is 9.47. The number of anilines is 1. The van der Waals surface area contributed by atoms with Crippen LogP contribution in [0.2, 0.25) is 0 Å². The summed E-state index contributed by atoms with van der Waals surface area (Å²) in [4.78, 5) is 32.4. The molecule has 1 aromatic carbocycles. The zero-order chi connectivity index (χ0) is 12.8. The monoisotopic (exact) mass is 236 g/mol. The van der Waals surface area contributed by atoms with Crippen LogP contribution in [0, 0.1) is 0 Å². The summed E-state index contributed by atoms with van der Waals surface area (Å²) in [5.74, 6) is -1.18. The smallest absolute Gasteiger partial charge is 0.323 e. The fourth-order valence-corrected chi connectivity index (χ4v) is 1.12. The number of amides is 2. The van der Waals surface area contributed by atoms with Crippen molar-refractivity contribution in [1.82, 2.24) is 5.32 Å². The number of carboxylic acids is 1. The molecule has 0 bridgehead atoms. The van der Waals surface area contributed by atoms with E-state index in [0.29, 0.717) is 11.3 Å². The largest absolute Gasteiger partial charge is 0.480 e. The lowest BCUT2D eigenvalue weighted by molar-refractivity contribution is -0.135. The van der Waals surface area contributed by atoms with Gasteiger partial charge in [-0.25, -0.2) is 4.79 Å². The van der Waals surface area contributed by atoms with Crippen molar-refractivity contribution in [1.29, 1.82) is 0 Å². The lowest BCUT2D eigenvalue weighted by Gasteiger charge is -2.06. The summed E-state index contributed by atoms with van der Waals surface area (Å²) >= 11 is 0. The number of aliphatic carboxylic acids is 1. The van der Waals surface area contributed by atoms with Crippen molar-refractivity contribution >= 4 is 23.5 Å². The number of carboxylic acid groups (broad SMARTS) is 1. The van der Waals surface area contributed by atoms with Gasteiger partial charge in [0.15, 0.2) is 5.78 Å². The lowest BCUT2D eigenvalue weighted by atomic mass is 10.1. The Kier molecular flexibility index (Phi) is 4.21. The maximum absolute atomic E-state index is 11.2. The minimum absolute atomic E-state index is 0.0631. The summed E-state index contributed by atoms with van der Waals surface area (Å²) in [6, 6.07) is 5.68. The molecule has 6 nitrogen and oxygen atoms in total. The van der Waals surface area contributed by atoms with Gasteiger partial charge in [0, 0.05) is 11.3 Å². The second-order valence-electron chi connectivity index (χ2n) is 3.33. The second kappa shape index (κ2) is 5.64. The van der Waals surface area contributed by atoms with Gasteiger partial charge in [0.25, 0.3) is 0 Å². The lowest BCUT2D eigenvalue weighted by Crippen LogP contribution is -2.33. The number of carbonyl (C=O) groups excluding carboxylic acids is 2. The number of benzene rings is 1. The summed E-state index contributed by atoms with van der Waals surface area (Å²) in [5, 5.41) is 12.9. The highest BCUT2D eigenvalue weighted by Gasteiger charge is 2.04. The van der Waals surface area contributed by atoms with Crippen LogP contribution in [0.3, 0.4) is 0 Å². The molecule has 1 rings (SSSR count). The number of hydrogen-bond donors (Lipinski definition) is 3. The van der Waals surface area contributed by atoms with E-state index in [4.69, 9.17) is 5.11 Å². The van der Waals surface area contributed by atoms with Crippen LogP contribution < -0.4 is 10.6 Å². The number of urea groups is 1. The third kappa shape index (κ3) is 4.33. The van der Waals surface area contributed by atoms with Gasteiger partial charge in [-0.1, -0.05) is 0 Å². The summed E-state index contributed by atoms with van der Waals surface area (Å²) < 4.78 is 0. The number of nitrogens with one attached hydrogen (secondary N) is 2. The molecular formula is C11H12N2O4. The number of Topliss-reactive ketones (excluding diaryl/α,β-unsaturated/α-hetero) is 1. The summed E-state index contributed by atoms with van der Waals surface area (Å²) in [6.07, 6.45) is 0. The Balaban J connectivity index is 2.54. The zero-order valence-corrected chi connectivity index (χ0v) is 9.19. The predicted molar refractivity (Wildman–Crippen MR) is 61.1 cm³/mol. The molecule has 0 saturated carbocycles. The topological polar surface area (TPSA) is 95.5 Å². The van der Waals surface area contributed by atoms with Gasteiger partial charge >= 0.3 is 12.0 Å². The van der Waals surface area contributed by atoms with Crippen LogP contribution in [0.4, 0.5) is 10.5 Å². The van der Waals surface area contributed by atoms with Crippen LogP contribution in [0.5, 0.6) is 0 Å². The predicted octanol–water partition coefficient (Wildman–Crippen LogP) is 1.10. The third-order valence-electron chi connectivity index (χ3n) is 1.95. The Hall–Kier alpha value is -2.37. The van der Waals surface area contributed by atoms with E-state index in [1.165, 1.54) is 6.92 Å². The van der Waals surface area contributed by atoms with Crippen molar-refractivity contribution in [3.05, 3.63) is 29.8 Å². The minimum Gasteiger partial charge on any atom is -0.480 e. The van der Waals surface area contributed by atoms with Gasteiger partial charge in [0.05, 0.1) is 0 Å². The number of rotatable bonds is 4. The first-order valence-corrected chi connectivity index (χ1v) is 4.86. The maximum Gasteiger partial charge on any atom is 0.323 e. The van der Waals surface area contributed by atoms with Gasteiger partial charge in [0.2, 0.25) is 0 Å². The molecule has 0 saturated heterocycles. The summed E-state index contributed by atoms with van der Waals surface area (Å²) in [5.41, 5.74) is 1.03. The van der Waals surface area contributed by atoms with Gasteiger partial charge < -0.3 is 15.7 Å². The van der Waals surface area contributed by atoms with E-state index in [0.717, 1.165) is 0 Å². The molecule has 0 fully saturated rings. The molecule has 1 aromatic rings. The van der Waals surface area contributed by atoms with Crippen LogP contribution in [0.25, 0.3) is 0 Å². The summed E-state index contributed by atoms with van der Waals surface area (Å²) in [6.45, 7) is 0.999. The summed E-state index contributed by atoms with van der Waals surface area (Å²) in [7, 11) is 0. The minimum atomic E-state index is -1.12. The average Bonchev–Trinajstić information content (AvgIpc) is 2.27. The van der Waals surface area contributed by atoms with E-state index in [1.807, 2.05) is 0 Å². The van der Waals surface area contributed by atoms with E-state index in [2.05, 4.69) is 10.6 Å². The SMILES string of the molecule is CC(=O)c1ccc(NC(=O)NCC(=O)O)cc1. The van der Waals surface area contributed by atoms with Crippen LogP contribution in [0.15, 0.2) is 24.3 Å². The highest BCUT2D eigenvalue weighted by molar-refractivity contribution is 5.95. The number of ketones is 1. The molecule has 0 unspecified atom stereocenters. The van der Waals surface area contributed by atoms with Crippen molar-refractivity contribution in [3.63, 3.8) is 0 Å². The first-order valence-electron chi connectivity index (χ1n) is 4.86. The van der Waals surface area contributed by atoms with Crippen molar-refractivity contribution < 1.29 is 19.5 Å². The second-order valence-corrected chi connectivity index (χ2v) is 3.33. The van der Waals surface area contributed by atoms with Gasteiger partial charge in [-0.2, -0.15) is 0 Å². The van der Waals surface area contributed by atoms with E-state index < -0.39 is 18.5 Å². The van der Waals surface area contributed by atoms with E-state index in [-0.39, 0.29) is 5.78 Å². The molecule has 3 N–H and O–H groups in total. The molecule has 17 heavy (non-hydrogen) atoms. The van der Waals surface area contributed by atoms with Crippen molar-refractivity contribution in [2.24, 2.45) is 0 Å². The molecule has 0 aromatic heterocycles. The first kappa shape index (κ1) is 12.7. The van der Waals surface area contributed by atoms with Crippen molar-refractivity contribution in [2.75, 3.05) is 11.9 Å². The van der Waals surface area contributed by atoms with Gasteiger partial charge in [-0.3, -0.25) is 9.59 Å². The molecule has 0 heterocycles. The highest BCUT2D eigenvalue weighted by Crippen LogP contribution is 2.09. The van der Waals surface area contributed by atoms with Crippen LogP contribution in [-0.2, 0) is 4.79 Å². The van der Waals surface area contributed by atoms with Crippen LogP contribution >= 0.6 is 0 Å². The quantitative estimate of drug-likeness (QED) is 0.682. The Morgan fingerprint density at radius 2 is 1.76 bits per heavy atom. The van der Waals surface area contributed by atoms with Crippen molar-refractivity contribution in [3.8, 4) is 0 Å². The molecule has 0 aliphatic heterocycles.